The Morgan fingerprint density at radius 1 is 1.38 bits per heavy atom. The molecule has 1 fully saturated rings. The monoisotopic (exact) mass is 262 g/mol. The molecule has 1 saturated carbocycles. The molecule has 2 rings (SSSR count). The van der Waals surface area contributed by atoms with Crippen molar-refractivity contribution in [1.29, 1.82) is 0 Å². The lowest BCUT2D eigenvalue weighted by molar-refractivity contribution is 0.478. The van der Waals surface area contributed by atoms with Gasteiger partial charge in [-0.15, -0.1) is 0 Å². The second-order valence-electron chi connectivity index (χ2n) is 3.63. The molecule has 0 spiro atoms. The maximum atomic E-state index is 11.5. The number of phenolic OH excluding ortho intramolecular Hbond substituents is 1. The Kier molecular flexibility index (Phi) is 2.96. The molecular weight excluding hydrogens is 252 g/mol. The van der Waals surface area contributed by atoms with Crippen LogP contribution in [0.1, 0.15) is 12.8 Å². The second kappa shape index (κ2) is 4.12. The van der Waals surface area contributed by atoms with Crippen molar-refractivity contribution in [2.75, 3.05) is 4.72 Å². The van der Waals surface area contributed by atoms with Crippen molar-refractivity contribution < 1.29 is 13.5 Å². The number of rotatable bonds is 4. The predicted octanol–water partition coefficient (Wildman–Crippen LogP) is 1.45. The Labute approximate surface area is 98.6 Å². The molecule has 0 bridgehead atoms. The molecule has 1 aliphatic carbocycles. The highest BCUT2D eigenvalue weighted by atomic mass is 35.5. The average Bonchev–Trinajstić information content (AvgIpc) is 2.95. The maximum Gasteiger partial charge on any atom is 0.299 e. The van der Waals surface area contributed by atoms with Crippen LogP contribution in [0.4, 0.5) is 5.69 Å². The SMILES string of the molecule is O=S(=O)(Nc1cccc(Cl)c1O)NC1CC1. The fraction of sp³-hybridized carbons (Fsp3) is 0.333. The Morgan fingerprint density at radius 2 is 2.06 bits per heavy atom. The molecule has 0 amide bonds. The van der Waals surface area contributed by atoms with E-state index in [2.05, 4.69) is 9.44 Å². The minimum Gasteiger partial charge on any atom is -0.504 e. The molecule has 0 atom stereocenters. The second-order valence-corrected chi connectivity index (χ2v) is 5.49. The summed E-state index contributed by atoms with van der Waals surface area (Å²) in [5.41, 5.74) is 0.0700. The van der Waals surface area contributed by atoms with Crippen molar-refractivity contribution in [3.63, 3.8) is 0 Å². The molecule has 3 N–H and O–H groups in total. The topological polar surface area (TPSA) is 78.4 Å². The smallest absolute Gasteiger partial charge is 0.299 e. The van der Waals surface area contributed by atoms with Crippen LogP contribution in [0.25, 0.3) is 0 Å². The summed E-state index contributed by atoms with van der Waals surface area (Å²) in [7, 11) is -3.63. The van der Waals surface area contributed by atoms with Crippen LogP contribution in [0.15, 0.2) is 18.2 Å². The first kappa shape index (κ1) is 11.5. The number of benzene rings is 1. The maximum absolute atomic E-state index is 11.5. The van der Waals surface area contributed by atoms with Gasteiger partial charge < -0.3 is 5.11 Å². The Bertz CT molecular complexity index is 499. The Balaban J connectivity index is 2.16. The highest BCUT2D eigenvalue weighted by Gasteiger charge is 2.27. The molecule has 5 nitrogen and oxygen atoms in total. The zero-order chi connectivity index (χ0) is 11.8. The van der Waals surface area contributed by atoms with Crippen LogP contribution in [0.3, 0.4) is 0 Å². The summed E-state index contributed by atoms with van der Waals surface area (Å²) >= 11 is 5.66. The van der Waals surface area contributed by atoms with Crippen LogP contribution in [0.5, 0.6) is 5.75 Å². The van der Waals surface area contributed by atoms with E-state index in [9.17, 15) is 13.5 Å². The molecule has 7 heteroatoms. The van der Waals surface area contributed by atoms with E-state index < -0.39 is 10.2 Å². The van der Waals surface area contributed by atoms with Gasteiger partial charge in [0, 0.05) is 6.04 Å². The molecule has 0 radical (unpaired) electrons. The largest absolute Gasteiger partial charge is 0.504 e. The van der Waals surface area contributed by atoms with Crippen molar-refractivity contribution in [3.8, 4) is 5.75 Å². The summed E-state index contributed by atoms with van der Waals surface area (Å²) in [4.78, 5) is 0. The van der Waals surface area contributed by atoms with E-state index in [1.807, 2.05) is 0 Å². The average molecular weight is 263 g/mol. The van der Waals surface area contributed by atoms with Crippen LogP contribution in [0.2, 0.25) is 5.02 Å². The number of anilines is 1. The van der Waals surface area contributed by atoms with Crippen LogP contribution in [-0.2, 0) is 10.2 Å². The van der Waals surface area contributed by atoms with Crippen molar-refractivity contribution in [1.82, 2.24) is 4.72 Å². The van der Waals surface area contributed by atoms with E-state index in [1.54, 1.807) is 6.07 Å². The Morgan fingerprint density at radius 3 is 2.69 bits per heavy atom. The molecule has 0 aromatic heterocycles. The standard InChI is InChI=1S/C9H11ClN2O3S/c10-7-2-1-3-8(9(7)13)12-16(14,15)11-6-4-5-6/h1-3,6,11-13H,4-5H2. The molecular formula is C9H11ClN2O3S. The van der Waals surface area contributed by atoms with Gasteiger partial charge >= 0.3 is 0 Å². The summed E-state index contributed by atoms with van der Waals surface area (Å²) in [5.74, 6) is -0.273. The number of halogens is 1. The van der Waals surface area contributed by atoms with Gasteiger partial charge in [0.15, 0.2) is 5.75 Å². The van der Waals surface area contributed by atoms with Gasteiger partial charge in [0.05, 0.1) is 10.7 Å². The number of para-hydroxylation sites is 1. The third kappa shape index (κ3) is 2.78. The summed E-state index contributed by atoms with van der Waals surface area (Å²) in [6, 6.07) is 4.48. The zero-order valence-corrected chi connectivity index (χ0v) is 9.85. The summed E-state index contributed by atoms with van der Waals surface area (Å²) in [6.45, 7) is 0. The molecule has 1 aromatic carbocycles. The van der Waals surface area contributed by atoms with Crippen LogP contribution >= 0.6 is 11.6 Å². The van der Waals surface area contributed by atoms with Gasteiger partial charge in [0.1, 0.15) is 0 Å². The van der Waals surface area contributed by atoms with Gasteiger partial charge in [0.2, 0.25) is 0 Å². The summed E-state index contributed by atoms with van der Waals surface area (Å²) < 4.78 is 27.7. The molecule has 16 heavy (non-hydrogen) atoms. The van der Waals surface area contributed by atoms with Gasteiger partial charge in [-0.2, -0.15) is 13.1 Å². The first-order valence-electron chi connectivity index (χ1n) is 4.75. The lowest BCUT2D eigenvalue weighted by Gasteiger charge is -2.10. The minimum absolute atomic E-state index is 0.0128. The van der Waals surface area contributed by atoms with Crippen LogP contribution in [0, 0.1) is 0 Å². The molecule has 0 unspecified atom stereocenters. The van der Waals surface area contributed by atoms with Gasteiger partial charge in [-0.05, 0) is 25.0 Å². The number of phenols is 1. The molecule has 0 aliphatic heterocycles. The van der Waals surface area contributed by atoms with Gasteiger partial charge in [-0.25, -0.2) is 0 Å². The first-order chi connectivity index (χ1) is 7.48. The van der Waals surface area contributed by atoms with Gasteiger partial charge in [-0.1, -0.05) is 17.7 Å². The van der Waals surface area contributed by atoms with Crippen molar-refractivity contribution in [2.45, 2.75) is 18.9 Å². The highest BCUT2D eigenvalue weighted by Crippen LogP contribution is 2.31. The number of aromatic hydroxyl groups is 1. The fourth-order valence-corrected chi connectivity index (χ4v) is 2.55. The lowest BCUT2D eigenvalue weighted by Crippen LogP contribution is -2.31. The molecule has 1 aliphatic rings. The highest BCUT2D eigenvalue weighted by molar-refractivity contribution is 7.90. The normalized spacial score (nSPS) is 16.1. The van der Waals surface area contributed by atoms with E-state index in [1.165, 1.54) is 12.1 Å². The molecule has 1 aromatic rings. The predicted molar refractivity (Wildman–Crippen MR) is 61.8 cm³/mol. The van der Waals surface area contributed by atoms with Crippen LogP contribution < -0.4 is 9.44 Å². The number of hydrogen-bond donors (Lipinski definition) is 3. The van der Waals surface area contributed by atoms with Gasteiger partial charge in [-0.3, -0.25) is 4.72 Å². The van der Waals surface area contributed by atoms with E-state index >= 15 is 0 Å². The van der Waals surface area contributed by atoms with E-state index in [0.29, 0.717) is 0 Å². The summed E-state index contributed by atoms with van der Waals surface area (Å²) in [5, 5.41) is 9.63. The van der Waals surface area contributed by atoms with Crippen LogP contribution in [-0.4, -0.2) is 19.6 Å². The minimum atomic E-state index is -3.63. The first-order valence-corrected chi connectivity index (χ1v) is 6.61. The number of hydrogen-bond acceptors (Lipinski definition) is 3. The van der Waals surface area contributed by atoms with Crippen molar-refractivity contribution >= 4 is 27.5 Å². The van der Waals surface area contributed by atoms with Crippen molar-refractivity contribution in [3.05, 3.63) is 23.2 Å². The third-order valence-corrected chi connectivity index (χ3v) is 3.57. The van der Waals surface area contributed by atoms with Gasteiger partial charge in [0.25, 0.3) is 10.2 Å². The van der Waals surface area contributed by atoms with E-state index in [-0.39, 0.29) is 22.5 Å². The number of nitrogens with one attached hydrogen (secondary N) is 2. The Hall–Kier alpha value is -0.980. The third-order valence-electron chi connectivity index (χ3n) is 2.13. The van der Waals surface area contributed by atoms with Crippen molar-refractivity contribution in [2.24, 2.45) is 0 Å². The molecule has 0 saturated heterocycles. The quantitative estimate of drug-likeness (QED) is 0.719. The lowest BCUT2D eigenvalue weighted by atomic mass is 10.3. The fourth-order valence-electron chi connectivity index (χ4n) is 1.19. The zero-order valence-electron chi connectivity index (χ0n) is 8.27. The van der Waals surface area contributed by atoms with E-state index in [4.69, 9.17) is 11.6 Å². The summed E-state index contributed by atoms with van der Waals surface area (Å²) in [6.07, 6.45) is 1.70. The molecule has 0 heterocycles. The van der Waals surface area contributed by atoms with E-state index in [0.717, 1.165) is 12.8 Å². The molecule has 88 valence electrons.